The van der Waals surface area contributed by atoms with E-state index in [-0.39, 0.29) is 24.2 Å². The number of likely N-dealkylation sites (tertiary alicyclic amines) is 1. The second-order valence-corrected chi connectivity index (χ2v) is 6.87. The molecule has 7 heteroatoms. The number of fused-ring (bicyclic) bond motifs is 1. The fourth-order valence-corrected chi connectivity index (χ4v) is 3.42. The summed E-state index contributed by atoms with van der Waals surface area (Å²) in [5, 5.41) is 2.88. The number of hydrogen-bond acceptors (Lipinski definition) is 5. The van der Waals surface area contributed by atoms with Crippen molar-refractivity contribution in [3.8, 4) is 17.2 Å². The van der Waals surface area contributed by atoms with Crippen molar-refractivity contribution in [3.05, 3.63) is 48.0 Å². The molecule has 1 N–H and O–H groups in total. The summed E-state index contributed by atoms with van der Waals surface area (Å²) in [4.78, 5) is 26.7. The molecule has 0 aliphatic carbocycles. The molecule has 0 bridgehead atoms. The van der Waals surface area contributed by atoms with Crippen LogP contribution in [0.5, 0.6) is 17.2 Å². The van der Waals surface area contributed by atoms with Crippen LogP contribution in [0.25, 0.3) is 0 Å². The maximum absolute atomic E-state index is 12.6. The first kappa shape index (κ1) is 18.2. The first-order valence-electron chi connectivity index (χ1n) is 9.23. The van der Waals surface area contributed by atoms with E-state index in [9.17, 15) is 9.59 Å². The number of benzene rings is 2. The van der Waals surface area contributed by atoms with Crippen molar-refractivity contribution in [1.29, 1.82) is 0 Å². The predicted octanol–water partition coefficient (Wildman–Crippen LogP) is 2.45. The van der Waals surface area contributed by atoms with Gasteiger partial charge in [0.1, 0.15) is 19.0 Å². The lowest BCUT2D eigenvalue weighted by Crippen LogP contribution is -2.28. The van der Waals surface area contributed by atoms with Crippen LogP contribution in [0.2, 0.25) is 0 Å². The molecular weight excluding hydrogens is 360 g/mol. The minimum atomic E-state index is -0.376. The molecule has 28 heavy (non-hydrogen) atoms. The predicted molar refractivity (Wildman–Crippen MR) is 103 cm³/mol. The third kappa shape index (κ3) is 3.88. The summed E-state index contributed by atoms with van der Waals surface area (Å²) < 4.78 is 16.2. The topological polar surface area (TPSA) is 77.1 Å². The Labute approximate surface area is 163 Å². The summed E-state index contributed by atoms with van der Waals surface area (Å²) in [7, 11) is 1.61. The lowest BCUT2D eigenvalue weighted by atomic mass is 10.1. The number of methoxy groups -OCH3 is 1. The largest absolute Gasteiger partial charge is 0.497 e. The second kappa shape index (κ2) is 7.80. The van der Waals surface area contributed by atoms with E-state index >= 15 is 0 Å². The van der Waals surface area contributed by atoms with Crippen LogP contribution in [-0.2, 0) is 16.1 Å². The van der Waals surface area contributed by atoms with Gasteiger partial charge in [0.05, 0.1) is 13.0 Å². The molecule has 2 aromatic carbocycles. The van der Waals surface area contributed by atoms with E-state index < -0.39 is 0 Å². The zero-order valence-corrected chi connectivity index (χ0v) is 15.6. The first-order valence-corrected chi connectivity index (χ1v) is 9.23. The molecule has 146 valence electrons. The van der Waals surface area contributed by atoms with Crippen LogP contribution < -0.4 is 19.5 Å². The fraction of sp³-hybridized carbons (Fsp3) is 0.333. The minimum Gasteiger partial charge on any atom is -0.497 e. The average Bonchev–Trinajstić information content (AvgIpc) is 3.09. The van der Waals surface area contributed by atoms with Gasteiger partial charge in [-0.3, -0.25) is 9.59 Å². The molecular formula is C21H22N2O5. The Bertz CT molecular complexity index is 881. The van der Waals surface area contributed by atoms with E-state index in [1.165, 1.54) is 0 Å². The molecule has 1 saturated heterocycles. The monoisotopic (exact) mass is 382 g/mol. The van der Waals surface area contributed by atoms with E-state index in [4.69, 9.17) is 14.2 Å². The highest BCUT2D eigenvalue weighted by molar-refractivity contribution is 5.97. The molecule has 2 aromatic rings. The number of ether oxygens (including phenoxy) is 3. The van der Waals surface area contributed by atoms with Crippen LogP contribution >= 0.6 is 0 Å². The van der Waals surface area contributed by atoms with Gasteiger partial charge in [0.15, 0.2) is 11.5 Å². The number of amides is 2. The second-order valence-electron chi connectivity index (χ2n) is 6.87. The summed E-state index contributed by atoms with van der Waals surface area (Å²) in [6.07, 6.45) is 0.215. The highest BCUT2D eigenvalue weighted by Gasteiger charge is 2.34. The summed E-state index contributed by atoms with van der Waals surface area (Å²) in [5.41, 5.74) is 1.64. The Kier molecular flexibility index (Phi) is 5.06. The third-order valence-corrected chi connectivity index (χ3v) is 4.93. The van der Waals surface area contributed by atoms with Gasteiger partial charge in [-0.2, -0.15) is 0 Å². The van der Waals surface area contributed by atoms with Gasteiger partial charge in [-0.25, -0.2) is 0 Å². The van der Waals surface area contributed by atoms with Crippen LogP contribution in [0, 0.1) is 5.92 Å². The molecule has 7 nitrogen and oxygen atoms in total. The molecule has 2 amide bonds. The Balaban J connectivity index is 1.37. The zero-order valence-electron chi connectivity index (χ0n) is 15.6. The maximum atomic E-state index is 12.6. The number of hydrogen-bond donors (Lipinski definition) is 1. The molecule has 0 saturated carbocycles. The molecule has 1 atom stereocenters. The van der Waals surface area contributed by atoms with E-state index in [1.807, 2.05) is 24.3 Å². The van der Waals surface area contributed by atoms with Crippen molar-refractivity contribution in [2.75, 3.05) is 32.2 Å². The van der Waals surface area contributed by atoms with Gasteiger partial charge in [-0.05, 0) is 29.8 Å². The quantitative estimate of drug-likeness (QED) is 0.860. The van der Waals surface area contributed by atoms with Crippen molar-refractivity contribution < 1.29 is 23.8 Å². The van der Waals surface area contributed by atoms with E-state index in [2.05, 4.69) is 5.32 Å². The van der Waals surface area contributed by atoms with Gasteiger partial charge in [0, 0.05) is 31.3 Å². The van der Waals surface area contributed by atoms with E-state index in [0.717, 1.165) is 11.3 Å². The van der Waals surface area contributed by atoms with Crippen molar-refractivity contribution in [1.82, 2.24) is 4.90 Å². The van der Waals surface area contributed by atoms with Crippen molar-refractivity contribution in [3.63, 3.8) is 0 Å². The highest BCUT2D eigenvalue weighted by Crippen LogP contribution is 2.33. The minimum absolute atomic E-state index is 0.0156. The number of carbonyl (C=O) groups is 2. The van der Waals surface area contributed by atoms with Crippen LogP contribution in [0.1, 0.15) is 12.0 Å². The summed E-state index contributed by atoms with van der Waals surface area (Å²) >= 11 is 0. The Hall–Kier alpha value is -3.22. The molecule has 1 unspecified atom stereocenters. The lowest BCUT2D eigenvalue weighted by molar-refractivity contribution is -0.128. The lowest BCUT2D eigenvalue weighted by Gasteiger charge is -2.19. The van der Waals surface area contributed by atoms with Gasteiger partial charge in [-0.1, -0.05) is 12.1 Å². The van der Waals surface area contributed by atoms with Crippen molar-refractivity contribution in [2.45, 2.75) is 13.0 Å². The molecule has 2 aliphatic rings. The average molecular weight is 382 g/mol. The Morgan fingerprint density at radius 2 is 1.89 bits per heavy atom. The van der Waals surface area contributed by atoms with Gasteiger partial charge in [0.2, 0.25) is 11.8 Å². The standard InChI is InChI=1S/C21H22N2O5/c1-26-17-5-2-14(3-6-17)12-23-13-15(10-20(23)24)21(25)22-16-4-7-18-19(11-16)28-9-8-27-18/h2-7,11,15H,8-10,12-13H2,1H3,(H,22,25). The van der Waals surface area contributed by atoms with Gasteiger partial charge in [-0.15, -0.1) is 0 Å². The molecule has 0 aromatic heterocycles. The highest BCUT2D eigenvalue weighted by atomic mass is 16.6. The van der Waals surface area contributed by atoms with E-state index in [1.54, 1.807) is 30.2 Å². The molecule has 2 heterocycles. The zero-order chi connectivity index (χ0) is 19.5. The summed E-state index contributed by atoms with van der Waals surface area (Å²) in [6.45, 7) is 1.90. The van der Waals surface area contributed by atoms with Crippen LogP contribution in [0.4, 0.5) is 5.69 Å². The van der Waals surface area contributed by atoms with Crippen molar-refractivity contribution in [2.24, 2.45) is 5.92 Å². The molecule has 0 radical (unpaired) electrons. The molecule has 2 aliphatic heterocycles. The summed E-state index contributed by atoms with van der Waals surface area (Å²) in [6, 6.07) is 12.9. The smallest absolute Gasteiger partial charge is 0.229 e. The molecule has 1 fully saturated rings. The Morgan fingerprint density at radius 3 is 2.64 bits per heavy atom. The first-order chi connectivity index (χ1) is 13.6. The van der Waals surface area contributed by atoms with Crippen LogP contribution in [0.15, 0.2) is 42.5 Å². The molecule has 4 rings (SSSR count). The van der Waals surface area contributed by atoms with Crippen LogP contribution in [-0.4, -0.2) is 43.6 Å². The number of nitrogens with zero attached hydrogens (tertiary/aromatic N) is 1. The maximum Gasteiger partial charge on any atom is 0.229 e. The van der Waals surface area contributed by atoms with Gasteiger partial charge < -0.3 is 24.4 Å². The van der Waals surface area contributed by atoms with E-state index in [0.29, 0.717) is 43.5 Å². The van der Waals surface area contributed by atoms with Crippen LogP contribution in [0.3, 0.4) is 0 Å². The fourth-order valence-electron chi connectivity index (χ4n) is 3.42. The summed E-state index contributed by atoms with van der Waals surface area (Å²) in [5.74, 6) is 1.51. The normalized spacial score (nSPS) is 18.1. The SMILES string of the molecule is COc1ccc(CN2CC(C(=O)Nc3ccc4c(c3)OCCO4)CC2=O)cc1. The van der Waals surface area contributed by atoms with Gasteiger partial charge in [0.25, 0.3) is 0 Å². The Morgan fingerprint density at radius 1 is 1.14 bits per heavy atom. The third-order valence-electron chi connectivity index (χ3n) is 4.93. The van der Waals surface area contributed by atoms with Gasteiger partial charge >= 0.3 is 0 Å². The van der Waals surface area contributed by atoms with Crippen molar-refractivity contribution >= 4 is 17.5 Å². The number of rotatable bonds is 5. The number of anilines is 1. The molecule has 0 spiro atoms. The number of carbonyl (C=O) groups excluding carboxylic acids is 2. The number of nitrogens with one attached hydrogen (secondary N) is 1.